The number of hydrogen-bond acceptors (Lipinski definition) is 1. The van der Waals surface area contributed by atoms with Crippen LogP contribution in [0.3, 0.4) is 0 Å². The zero-order chi connectivity index (χ0) is 9.14. The van der Waals surface area contributed by atoms with Gasteiger partial charge < -0.3 is 5.11 Å². The van der Waals surface area contributed by atoms with Gasteiger partial charge in [-0.05, 0) is 17.7 Å². The van der Waals surface area contributed by atoms with Crippen LogP contribution in [0.25, 0.3) is 0 Å². The van der Waals surface area contributed by atoms with E-state index in [0.29, 0.717) is 4.47 Å². The fraction of sp³-hybridized carbons (Fsp3) is 0.250. The summed E-state index contributed by atoms with van der Waals surface area (Å²) in [6.45, 7) is -0.362. The van der Waals surface area contributed by atoms with Crippen molar-refractivity contribution in [2.45, 2.75) is 13.0 Å². The average molecular weight is 237 g/mol. The van der Waals surface area contributed by atoms with E-state index in [2.05, 4.69) is 15.9 Å². The Hall–Kier alpha value is -0.480. The summed E-state index contributed by atoms with van der Waals surface area (Å²) in [5.41, 5.74) is 0.153. The molecule has 0 aliphatic rings. The van der Waals surface area contributed by atoms with Gasteiger partial charge in [-0.3, -0.25) is 0 Å². The van der Waals surface area contributed by atoms with Gasteiger partial charge in [0.15, 0.2) is 0 Å². The Kier molecular flexibility index (Phi) is 3.17. The molecule has 1 nitrogen and oxygen atoms in total. The predicted octanol–water partition coefficient (Wildman–Crippen LogP) is 2.88. The third-order valence-corrected chi connectivity index (χ3v) is 2.00. The van der Waals surface area contributed by atoms with Crippen LogP contribution in [0, 0.1) is 0 Å². The minimum atomic E-state index is -2.53. The second-order valence-electron chi connectivity index (χ2n) is 2.30. The smallest absolute Gasteiger partial charge is 0.264 e. The van der Waals surface area contributed by atoms with Crippen LogP contribution in [0.15, 0.2) is 22.7 Å². The van der Waals surface area contributed by atoms with E-state index < -0.39 is 6.43 Å². The zero-order valence-electron chi connectivity index (χ0n) is 6.10. The molecule has 0 aliphatic carbocycles. The van der Waals surface area contributed by atoms with E-state index in [1.807, 2.05) is 0 Å². The number of aliphatic hydroxyl groups is 1. The molecule has 1 rings (SSSR count). The summed E-state index contributed by atoms with van der Waals surface area (Å²) < 4.78 is 25.1. The summed E-state index contributed by atoms with van der Waals surface area (Å²) >= 11 is 3.13. The van der Waals surface area contributed by atoms with Crippen LogP contribution in [-0.4, -0.2) is 5.11 Å². The summed E-state index contributed by atoms with van der Waals surface area (Å²) in [6.07, 6.45) is -2.53. The minimum Gasteiger partial charge on any atom is -0.392 e. The molecule has 0 atom stereocenters. The van der Waals surface area contributed by atoms with Gasteiger partial charge >= 0.3 is 0 Å². The second-order valence-corrected chi connectivity index (χ2v) is 3.22. The summed E-state index contributed by atoms with van der Waals surface area (Å²) in [4.78, 5) is 0. The standard InChI is InChI=1S/C8H7BrF2O/c9-6-1-2-7(8(10)11)5(3-6)4-12/h1-3,8,12H,4H2. The van der Waals surface area contributed by atoms with E-state index in [1.165, 1.54) is 18.2 Å². The van der Waals surface area contributed by atoms with Crippen molar-refractivity contribution in [2.75, 3.05) is 0 Å². The summed E-state index contributed by atoms with van der Waals surface area (Å²) in [5.74, 6) is 0. The highest BCUT2D eigenvalue weighted by molar-refractivity contribution is 9.10. The van der Waals surface area contributed by atoms with Gasteiger partial charge in [0, 0.05) is 10.0 Å². The first-order valence-electron chi connectivity index (χ1n) is 3.32. The highest BCUT2D eigenvalue weighted by Gasteiger charge is 2.11. The first-order valence-corrected chi connectivity index (χ1v) is 4.11. The number of alkyl halides is 2. The molecule has 1 aromatic rings. The summed E-state index contributed by atoms with van der Waals surface area (Å²) in [5, 5.41) is 8.74. The maximum atomic E-state index is 12.2. The molecule has 0 spiro atoms. The van der Waals surface area contributed by atoms with Gasteiger partial charge in [-0.25, -0.2) is 8.78 Å². The Bertz CT molecular complexity index is 276. The van der Waals surface area contributed by atoms with Crippen molar-refractivity contribution in [2.24, 2.45) is 0 Å². The van der Waals surface area contributed by atoms with E-state index in [4.69, 9.17) is 5.11 Å². The molecule has 0 unspecified atom stereocenters. The molecule has 0 bridgehead atoms. The molecule has 12 heavy (non-hydrogen) atoms. The van der Waals surface area contributed by atoms with E-state index in [-0.39, 0.29) is 17.7 Å². The number of hydrogen-bond donors (Lipinski definition) is 1. The highest BCUT2D eigenvalue weighted by Crippen LogP contribution is 2.25. The number of rotatable bonds is 2. The molecule has 1 aromatic carbocycles. The van der Waals surface area contributed by atoms with E-state index in [9.17, 15) is 8.78 Å². The van der Waals surface area contributed by atoms with Gasteiger partial charge in [0.25, 0.3) is 6.43 Å². The van der Waals surface area contributed by atoms with Crippen molar-refractivity contribution in [1.29, 1.82) is 0 Å². The van der Waals surface area contributed by atoms with Crippen LogP contribution in [0.1, 0.15) is 17.6 Å². The van der Waals surface area contributed by atoms with Gasteiger partial charge in [0.05, 0.1) is 6.61 Å². The molecule has 0 radical (unpaired) electrons. The largest absolute Gasteiger partial charge is 0.392 e. The van der Waals surface area contributed by atoms with Crippen LogP contribution >= 0.6 is 15.9 Å². The molecule has 0 saturated carbocycles. The first kappa shape index (κ1) is 9.61. The third kappa shape index (κ3) is 2.01. The van der Waals surface area contributed by atoms with Crippen LogP contribution in [0.5, 0.6) is 0 Å². The fourth-order valence-electron chi connectivity index (χ4n) is 0.924. The maximum Gasteiger partial charge on any atom is 0.264 e. The average Bonchev–Trinajstić information content (AvgIpc) is 2.03. The molecular weight excluding hydrogens is 230 g/mol. The van der Waals surface area contributed by atoms with Crippen LogP contribution in [-0.2, 0) is 6.61 Å². The van der Waals surface area contributed by atoms with Crippen LogP contribution < -0.4 is 0 Å². The monoisotopic (exact) mass is 236 g/mol. The second kappa shape index (κ2) is 3.96. The molecule has 0 aromatic heterocycles. The summed E-state index contributed by atoms with van der Waals surface area (Å²) in [6, 6.07) is 4.32. The van der Waals surface area contributed by atoms with Gasteiger partial charge in [0.1, 0.15) is 0 Å². The lowest BCUT2D eigenvalue weighted by Crippen LogP contribution is -1.93. The summed E-state index contributed by atoms with van der Waals surface area (Å²) in [7, 11) is 0. The maximum absolute atomic E-state index is 12.2. The van der Waals surface area contributed by atoms with E-state index in [1.54, 1.807) is 0 Å². The molecular formula is C8H7BrF2O. The highest BCUT2D eigenvalue weighted by atomic mass is 79.9. The topological polar surface area (TPSA) is 20.2 Å². The fourth-order valence-corrected chi connectivity index (χ4v) is 1.33. The molecule has 0 aliphatic heterocycles. The SMILES string of the molecule is OCc1cc(Br)ccc1C(F)F. The van der Waals surface area contributed by atoms with Gasteiger partial charge in [0.2, 0.25) is 0 Å². The molecule has 1 N–H and O–H groups in total. The number of halogens is 3. The van der Waals surface area contributed by atoms with E-state index in [0.717, 1.165) is 0 Å². The molecule has 0 amide bonds. The third-order valence-electron chi connectivity index (χ3n) is 1.51. The Morgan fingerprint density at radius 2 is 2.08 bits per heavy atom. The van der Waals surface area contributed by atoms with Crippen molar-refractivity contribution in [3.8, 4) is 0 Å². The Balaban J connectivity index is 3.11. The molecule has 0 heterocycles. The normalized spacial score (nSPS) is 10.8. The predicted molar refractivity (Wildman–Crippen MR) is 45.0 cm³/mol. The Morgan fingerprint density at radius 3 is 2.58 bits per heavy atom. The number of aliphatic hydroxyl groups excluding tert-OH is 1. The Morgan fingerprint density at radius 1 is 1.42 bits per heavy atom. The quantitative estimate of drug-likeness (QED) is 0.838. The van der Waals surface area contributed by atoms with Crippen molar-refractivity contribution in [3.63, 3.8) is 0 Å². The van der Waals surface area contributed by atoms with Crippen molar-refractivity contribution < 1.29 is 13.9 Å². The molecule has 4 heteroatoms. The Labute approximate surface area is 77.2 Å². The lowest BCUT2D eigenvalue weighted by Gasteiger charge is -2.05. The first-order chi connectivity index (χ1) is 5.65. The van der Waals surface area contributed by atoms with Crippen molar-refractivity contribution in [1.82, 2.24) is 0 Å². The van der Waals surface area contributed by atoms with Crippen LogP contribution in [0.4, 0.5) is 8.78 Å². The lowest BCUT2D eigenvalue weighted by atomic mass is 10.1. The molecule has 0 fully saturated rings. The molecule has 66 valence electrons. The van der Waals surface area contributed by atoms with Gasteiger partial charge in [-0.1, -0.05) is 22.0 Å². The zero-order valence-corrected chi connectivity index (χ0v) is 7.68. The van der Waals surface area contributed by atoms with Crippen molar-refractivity contribution >= 4 is 15.9 Å². The van der Waals surface area contributed by atoms with Gasteiger partial charge in [-0.15, -0.1) is 0 Å². The number of benzene rings is 1. The lowest BCUT2D eigenvalue weighted by molar-refractivity contribution is 0.147. The van der Waals surface area contributed by atoms with Crippen LogP contribution in [0.2, 0.25) is 0 Å². The van der Waals surface area contributed by atoms with E-state index >= 15 is 0 Å². The molecule has 0 saturated heterocycles. The minimum absolute atomic E-state index is 0.110. The van der Waals surface area contributed by atoms with Gasteiger partial charge in [-0.2, -0.15) is 0 Å². The van der Waals surface area contributed by atoms with Crippen molar-refractivity contribution in [3.05, 3.63) is 33.8 Å².